The van der Waals surface area contributed by atoms with Crippen LogP contribution in [0.2, 0.25) is 5.02 Å². The lowest BCUT2D eigenvalue weighted by Gasteiger charge is -2.45. The molecule has 0 radical (unpaired) electrons. The number of carbonyl (C=O) groups excluding carboxylic acids is 1. The van der Waals surface area contributed by atoms with Gasteiger partial charge in [-0.25, -0.2) is 14.2 Å². The number of benzene rings is 2. The van der Waals surface area contributed by atoms with E-state index in [1.54, 1.807) is 22.8 Å². The molecule has 2 aliphatic rings. The van der Waals surface area contributed by atoms with Gasteiger partial charge in [0.1, 0.15) is 11.7 Å². The third-order valence-corrected chi connectivity index (χ3v) is 6.70. The summed E-state index contributed by atoms with van der Waals surface area (Å²) in [5.41, 5.74) is 2.65. The maximum Gasteiger partial charge on any atom is 0.426 e. The van der Waals surface area contributed by atoms with Gasteiger partial charge >= 0.3 is 11.7 Å². The first-order valence-electron chi connectivity index (χ1n) is 10.6. The van der Waals surface area contributed by atoms with Gasteiger partial charge in [-0.3, -0.25) is 9.88 Å². The molecule has 1 atom stereocenters. The Morgan fingerprint density at radius 2 is 1.87 bits per heavy atom. The van der Waals surface area contributed by atoms with E-state index in [4.69, 9.17) is 11.6 Å². The molecule has 9 heteroatoms. The molecule has 0 spiro atoms. The maximum absolute atomic E-state index is 13.6. The van der Waals surface area contributed by atoms with Crippen LogP contribution in [0.1, 0.15) is 19.3 Å². The number of para-hydroxylation sites is 2. The monoisotopic (exact) mass is 441 g/mol. The second-order valence-electron chi connectivity index (χ2n) is 8.27. The molecule has 0 bridgehead atoms. The summed E-state index contributed by atoms with van der Waals surface area (Å²) in [6.07, 6.45) is 2.13. The van der Waals surface area contributed by atoms with Crippen LogP contribution in [0.4, 0.5) is 16.2 Å². The van der Waals surface area contributed by atoms with Crippen molar-refractivity contribution >= 4 is 40.0 Å². The fourth-order valence-corrected chi connectivity index (χ4v) is 5.03. The first kappa shape index (κ1) is 20.3. The molecule has 3 heterocycles. The average molecular weight is 442 g/mol. The molecule has 1 aromatic heterocycles. The number of aryl methyl sites for hydroxylation is 1. The number of H-pyrrole nitrogens is 1. The molecule has 2 N–H and O–H groups in total. The zero-order chi connectivity index (χ0) is 21.6. The Hall–Kier alpha value is -2.65. The van der Waals surface area contributed by atoms with Crippen molar-refractivity contribution in [2.75, 3.05) is 25.0 Å². The number of hydrogen-bond acceptors (Lipinski definition) is 4. The van der Waals surface area contributed by atoms with Gasteiger partial charge in [-0.15, -0.1) is 0 Å². The number of hydrogen-bond donors (Lipinski definition) is 2. The van der Waals surface area contributed by atoms with Crippen LogP contribution in [0.25, 0.3) is 11.0 Å². The summed E-state index contributed by atoms with van der Waals surface area (Å²) >= 11 is 6.01. The van der Waals surface area contributed by atoms with Crippen molar-refractivity contribution < 1.29 is 4.79 Å². The smallest absolute Gasteiger partial charge is 0.426 e. The summed E-state index contributed by atoms with van der Waals surface area (Å²) in [6, 6.07) is 11.8. The number of likely N-dealkylation sites (tertiary alicyclic amines) is 1. The quantitative estimate of drug-likeness (QED) is 0.464. The Morgan fingerprint density at radius 3 is 2.68 bits per heavy atom. The summed E-state index contributed by atoms with van der Waals surface area (Å²) in [5, 5.41) is 16.8. The third kappa shape index (κ3) is 3.45. The highest BCUT2D eigenvalue weighted by Crippen LogP contribution is 2.43. The van der Waals surface area contributed by atoms with Gasteiger partial charge in [0.2, 0.25) is 0 Å². The number of anilines is 1. The minimum absolute atomic E-state index is 0.0866. The molecule has 2 aliphatic heterocycles. The minimum Gasteiger partial charge on any atom is -0.618 e. The number of nitrogens with zero attached hydrogens (tertiary/aromatic N) is 3. The second-order valence-corrected chi connectivity index (χ2v) is 8.71. The van der Waals surface area contributed by atoms with E-state index in [1.807, 2.05) is 24.3 Å². The van der Waals surface area contributed by atoms with Crippen molar-refractivity contribution in [2.45, 2.75) is 31.8 Å². The van der Waals surface area contributed by atoms with Crippen LogP contribution < -0.4 is 15.7 Å². The summed E-state index contributed by atoms with van der Waals surface area (Å²) < 4.78 is 0.821. The summed E-state index contributed by atoms with van der Waals surface area (Å²) in [5.74, 6) is 0. The van der Waals surface area contributed by atoms with Crippen LogP contribution in [0.5, 0.6) is 0 Å². The molecular weight excluding hydrogens is 418 g/mol. The normalized spacial score (nSPS) is 22.1. The van der Waals surface area contributed by atoms with Crippen molar-refractivity contribution in [1.29, 1.82) is 0 Å². The molecule has 0 saturated carbocycles. The predicted molar refractivity (Wildman–Crippen MR) is 122 cm³/mol. The molecule has 0 aliphatic carbocycles. The molecule has 3 aromatic rings. The van der Waals surface area contributed by atoms with Crippen LogP contribution in [-0.4, -0.2) is 46.2 Å². The number of amides is 2. The van der Waals surface area contributed by atoms with Gasteiger partial charge in [0.05, 0.1) is 11.0 Å². The number of imidazole rings is 1. The number of hydroxylamine groups is 2. The molecule has 1 saturated heterocycles. The molecule has 8 nitrogen and oxygen atoms in total. The molecule has 5 rings (SSSR count). The van der Waals surface area contributed by atoms with E-state index in [0.29, 0.717) is 35.8 Å². The van der Waals surface area contributed by atoms with Crippen LogP contribution in [0, 0.1) is 5.21 Å². The molecule has 162 valence electrons. The Balaban J connectivity index is 1.20. The van der Waals surface area contributed by atoms with Crippen molar-refractivity contribution in [2.24, 2.45) is 0 Å². The lowest BCUT2D eigenvalue weighted by molar-refractivity contribution is 0.152. The van der Waals surface area contributed by atoms with Crippen LogP contribution in [-0.2, 0) is 6.54 Å². The van der Waals surface area contributed by atoms with E-state index in [2.05, 4.69) is 15.2 Å². The Morgan fingerprint density at radius 1 is 1.10 bits per heavy atom. The van der Waals surface area contributed by atoms with Gasteiger partial charge in [0, 0.05) is 43.6 Å². The van der Waals surface area contributed by atoms with Crippen molar-refractivity contribution in [3.63, 3.8) is 0 Å². The van der Waals surface area contributed by atoms with Crippen molar-refractivity contribution in [3.8, 4) is 0 Å². The van der Waals surface area contributed by atoms with E-state index in [9.17, 15) is 14.8 Å². The van der Waals surface area contributed by atoms with Gasteiger partial charge in [-0.2, -0.15) is 0 Å². The van der Waals surface area contributed by atoms with Crippen molar-refractivity contribution in [3.05, 3.63) is 63.2 Å². The summed E-state index contributed by atoms with van der Waals surface area (Å²) in [7, 11) is 0. The SMILES string of the molecule is O=C1Nc2cc(Cl)ccc2[N+]1([O-])C1CCN(CCCn2c(=O)[nH]c3ccccc32)CC1. The van der Waals surface area contributed by atoms with E-state index < -0.39 is 10.7 Å². The van der Waals surface area contributed by atoms with Gasteiger partial charge in [-0.05, 0) is 37.2 Å². The highest BCUT2D eigenvalue weighted by Gasteiger charge is 2.46. The summed E-state index contributed by atoms with van der Waals surface area (Å²) in [4.78, 5) is 29.9. The fourth-order valence-electron chi connectivity index (χ4n) is 4.86. The van der Waals surface area contributed by atoms with Gasteiger partial charge in [-0.1, -0.05) is 23.7 Å². The third-order valence-electron chi connectivity index (χ3n) is 6.47. The summed E-state index contributed by atoms with van der Waals surface area (Å²) in [6.45, 7) is 2.99. The van der Waals surface area contributed by atoms with Gasteiger partial charge < -0.3 is 15.1 Å². The molecule has 2 aromatic carbocycles. The number of halogens is 1. The molecule has 2 amide bonds. The first-order chi connectivity index (χ1) is 15.0. The molecular formula is C22H24ClN5O3. The lowest BCUT2D eigenvalue weighted by Crippen LogP contribution is -2.58. The van der Waals surface area contributed by atoms with Crippen LogP contribution in [0.3, 0.4) is 0 Å². The number of carbonyl (C=O) groups is 1. The molecule has 1 unspecified atom stereocenters. The number of rotatable bonds is 5. The van der Waals surface area contributed by atoms with E-state index in [0.717, 1.165) is 37.1 Å². The Kier molecular flexibility index (Phi) is 5.10. The Bertz CT molecular complexity index is 1200. The minimum atomic E-state index is -0.953. The highest BCUT2D eigenvalue weighted by atomic mass is 35.5. The standard InChI is InChI=1S/C22H24ClN5O3/c23-15-6-7-20-18(14-15)25-22(30)28(20,31)16-8-12-26(13-9-16)10-3-11-27-19-5-2-1-4-17(19)24-21(27)29/h1-2,4-7,14,16H,3,8-13H2,(H,24,29)(H,25,30). The number of nitrogens with one attached hydrogen (secondary N) is 2. The largest absolute Gasteiger partial charge is 0.618 e. The number of urea groups is 1. The highest BCUT2D eigenvalue weighted by molar-refractivity contribution is 6.31. The second kappa shape index (κ2) is 7.80. The average Bonchev–Trinajstić information content (AvgIpc) is 3.22. The van der Waals surface area contributed by atoms with E-state index >= 15 is 0 Å². The lowest BCUT2D eigenvalue weighted by atomic mass is 10.0. The zero-order valence-corrected chi connectivity index (χ0v) is 17.8. The van der Waals surface area contributed by atoms with E-state index in [1.165, 1.54) is 0 Å². The van der Waals surface area contributed by atoms with Crippen LogP contribution in [0.15, 0.2) is 47.3 Å². The fraction of sp³-hybridized carbons (Fsp3) is 0.364. The number of aromatic amines is 1. The zero-order valence-electron chi connectivity index (χ0n) is 17.0. The van der Waals surface area contributed by atoms with Gasteiger partial charge in [0.25, 0.3) is 0 Å². The Labute approximate surface area is 184 Å². The van der Waals surface area contributed by atoms with Crippen molar-refractivity contribution in [1.82, 2.24) is 19.1 Å². The topological polar surface area (TPSA) is 93.2 Å². The number of aromatic nitrogens is 2. The first-order valence-corrected chi connectivity index (χ1v) is 11.0. The van der Waals surface area contributed by atoms with Crippen LogP contribution >= 0.6 is 11.6 Å². The van der Waals surface area contributed by atoms with Gasteiger partial charge in [0.15, 0.2) is 5.69 Å². The molecule has 31 heavy (non-hydrogen) atoms. The number of fused-ring (bicyclic) bond motifs is 2. The number of piperidine rings is 1. The van der Waals surface area contributed by atoms with E-state index in [-0.39, 0.29) is 11.7 Å². The predicted octanol–water partition coefficient (Wildman–Crippen LogP) is 3.89. The number of quaternary nitrogens is 1. The molecule has 1 fully saturated rings. The maximum atomic E-state index is 13.6.